The highest BCUT2D eigenvalue weighted by Crippen LogP contribution is 2.34. The van der Waals surface area contributed by atoms with Crippen LogP contribution in [0.1, 0.15) is 30.9 Å². The number of ether oxygens (including phenoxy) is 1. The zero-order valence-electron chi connectivity index (χ0n) is 15.2. The monoisotopic (exact) mass is 442 g/mol. The second-order valence-corrected chi connectivity index (χ2v) is 9.12. The molecule has 0 unspecified atom stereocenters. The molecule has 1 N–H and O–H groups in total. The Morgan fingerprint density at radius 1 is 1.15 bits per heavy atom. The number of benzene rings is 2. The van der Waals surface area contributed by atoms with Gasteiger partial charge in [0.2, 0.25) is 0 Å². The quantitative estimate of drug-likeness (QED) is 0.655. The van der Waals surface area contributed by atoms with Crippen LogP contribution >= 0.6 is 15.9 Å². The summed E-state index contributed by atoms with van der Waals surface area (Å²) in [5.74, 6) is 0.0985. The largest absolute Gasteiger partial charge is 0.496 e. The molecule has 0 aromatic heterocycles. The van der Waals surface area contributed by atoms with Crippen LogP contribution in [0.4, 0.5) is 0 Å². The van der Waals surface area contributed by atoms with Crippen molar-refractivity contribution in [2.75, 3.05) is 13.7 Å². The van der Waals surface area contributed by atoms with Crippen LogP contribution < -0.4 is 4.74 Å². The second kappa shape index (κ2) is 8.08. The van der Waals surface area contributed by atoms with Gasteiger partial charge in [0.1, 0.15) is 5.75 Å². The van der Waals surface area contributed by atoms with Crippen LogP contribution in [-0.2, 0) is 14.3 Å². The van der Waals surface area contributed by atoms with Gasteiger partial charge in [-0.05, 0) is 66.5 Å². The van der Waals surface area contributed by atoms with Crippen molar-refractivity contribution >= 4 is 26.0 Å². The average Bonchev–Trinajstić information content (AvgIpc) is 2.54. The molecular weight excluding hydrogens is 420 g/mol. The molecule has 0 saturated carbocycles. The van der Waals surface area contributed by atoms with E-state index in [9.17, 15) is 13.5 Å². The Morgan fingerprint density at radius 3 is 2.27 bits per heavy atom. The van der Waals surface area contributed by atoms with Crippen molar-refractivity contribution in [3.63, 3.8) is 0 Å². The summed E-state index contributed by atoms with van der Waals surface area (Å²) < 4.78 is 36.1. The number of hydrogen-bond donors (Lipinski definition) is 1. The van der Waals surface area contributed by atoms with Crippen LogP contribution in [0.25, 0.3) is 0 Å². The van der Waals surface area contributed by atoms with Crippen LogP contribution in [0.5, 0.6) is 5.75 Å². The zero-order valence-corrected chi connectivity index (χ0v) is 17.6. The molecule has 0 saturated heterocycles. The fourth-order valence-electron chi connectivity index (χ4n) is 2.54. The molecule has 26 heavy (non-hydrogen) atoms. The number of rotatable bonds is 7. The summed E-state index contributed by atoms with van der Waals surface area (Å²) in [4.78, 5) is 0.0912. The van der Waals surface area contributed by atoms with Crippen molar-refractivity contribution in [3.05, 3.63) is 58.1 Å². The fraction of sp³-hybridized carbons (Fsp3) is 0.368. The van der Waals surface area contributed by atoms with Gasteiger partial charge in [0.05, 0.1) is 28.7 Å². The summed E-state index contributed by atoms with van der Waals surface area (Å²) in [5.41, 5.74) is 0.516. The lowest BCUT2D eigenvalue weighted by Gasteiger charge is -2.29. The van der Waals surface area contributed by atoms with Gasteiger partial charge in [0, 0.05) is 5.92 Å². The minimum atomic E-state index is -3.91. The molecule has 7 heteroatoms. The van der Waals surface area contributed by atoms with E-state index < -0.39 is 21.6 Å². The van der Waals surface area contributed by atoms with Crippen LogP contribution in [0.3, 0.4) is 0 Å². The Bertz CT molecular complexity index is 854. The molecule has 0 aliphatic heterocycles. The van der Waals surface area contributed by atoms with Gasteiger partial charge >= 0.3 is 0 Å². The lowest BCUT2D eigenvalue weighted by molar-refractivity contribution is 0.0326. The maximum Gasteiger partial charge on any atom is 0.296 e. The molecular formula is C19H23BrO5S. The molecule has 0 aliphatic rings. The Hall–Kier alpha value is -1.41. The molecule has 0 spiro atoms. The molecule has 142 valence electrons. The third-order valence-corrected chi connectivity index (χ3v) is 6.05. The summed E-state index contributed by atoms with van der Waals surface area (Å²) >= 11 is 3.41. The minimum absolute atomic E-state index is 0.0912. The number of aliphatic hydroxyl groups is 1. The molecule has 2 aromatic carbocycles. The molecule has 0 radical (unpaired) electrons. The van der Waals surface area contributed by atoms with Crippen molar-refractivity contribution < 1.29 is 22.4 Å². The van der Waals surface area contributed by atoms with Crippen molar-refractivity contribution in [2.45, 2.75) is 37.2 Å². The third kappa shape index (κ3) is 5.07. The molecule has 0 fully saturated rings. The Balaban J connectivity index is 2.26. The highest BCUT2D eigenvalue weighted by atomic mass is 79.9. The SMILES string of the molecule is COc1ccc([C@H](COS(=O)(=O)c2ccc(C)cc2)C(C)(C)O)cc1Br. The van der Waals surface area contributed by atoms with Gasteiger partial charge in [-0.15, -0.1) is 0 Å². The lowest BCUT2D eigenvalue weighted by Crippen LogP contribution is -2.33. The predicted octanol–water partition coefficient (Wildman–Crippen LogP) is 4.03. The van der Waals surface area contributed by atoms with Crippen LogP contribution in [0.15, 0.2) is 51.8 Å². The van der Waals surface area contributed by atoms with Gasteiger partial charge < -0.3 is 9.84 Å². The van der Waals surface area contributed by atoms with Gasteiger partial charge in [0.15, 0.2) is 0 Å². The van der Waals surface area contributed by atoms with Gasteiger partial charge in [0.25, 0.3) is 10.1 Å². The van der Waals surface area contributed by atoms with E-state index in [0.29, 0.717) is 10.2 Å². The molecule has 0 amide bonds. The van der Waals surface area contributed by atoms with E-state index in [0.717, 1.165) is 11.1 Å². The van der Waals surface area contributed by atoms with Gasteiger partial charge in [-0.1, -0.05) is 23.8 Å². The van der Waals surface area contributed by atoms with E-state index in [1.54, 1.807) is 51.3 Å². The van der Waals surface area contributed by atoms with E-state index in [1.165, 1.54) is 12.1 Å². The van der Waals surface area contributed by atoms with E-state index in [4.69, 9.17) is 8.92 Å². The molecule has 1 atom stereocenters. The van der Waals surface area contributed by atoms with Crippen molar-refractivity contribution in [3.8, 4) is 5.75 Å². The molecule has 0 aliphatic carbocycles. The first-order valence-electron chi connectivity index (χ1n) is 8.06. The number of halogens is 1. The van der Waals surface area contributed by atoms with Crippen LogP contribution in [0, 0.1) is 6.92 Å². The van der Waals surface area contributed by atoms with E-state index in [-0.39, 0.29) is 11.5 Å². The summed E-state index contributed by atoms with van der Waals surface area (Å²) in [6.07, 6.45) is 0. The maximum absolute atomic E-state index is 12.4. The van der Waals surface area contributed by atoms with Crippen molar-refractivity contribution in [1.82, 2.24) is 0 Å². The summed E-state index contributed by atoms with van der Waals surface area (Å²) in [6, 6.07) is 11.8. The van der Waals surface area contributed by atoms with Crippen LogP contribution in [-0.4, -0.2) is 32.8 Å². The molecule has 2 aromatic rings. The highest BCUT2D eigenvalue weighted by molar-refractivity contribution is 9.10. The molecule has 5 nitrogen and oxygen atoms in total. The first-order valence-corrected chi connectivity index (χ1v) is 10.3. The van der Waals surface area contributed by atoms with Gasteiger partial charge in [-0.3, -0.25) is 4.18 Å². The zero-order chi connectivity index (χ0) is 19.5. The molecule has 0 bridgehead atoms. The number of aryl methyl sites for hydroxylation is 1. The standard InChI is InChI=1S/C19H23BrO5S/c1-13-5-8-15(9-6-13)26(22,23)25-12-16(19(2,3)21)14-7-10-18(24-4)17(20)11-14/h5-11,16,21H,12H2,1-4H3/t16-/m0/s1. The predicted molar refractivity (Wildman–Crippen MR) is 104 cm³/mol. The minimum Gasteiger partial charge on any atom is -0.496 e. The molecule has 2 rings (SSSR count). The van der Waals surface area contributed by atoms with Crippen LogP contribution in [0.2, 0.25) is 0 Å². The second-order valence-electron chi connectivity index (χ2n) is 6.65. The number of hydrogen-bond acceptors (Lipinski definition) is 5. The first-order chi connectivity index (χ1) is 12.0. The van der Waals surface area contributed by atoms with E-state index >= 15 is 0 Å². The topological polar surface area (TPSA) is 72.8 Å². The van der Waals surface area contributed by atoms with E-state index in [1.807, 2.05) is 6.92 Å². The fourth-order valence-corrected chi connectivity index (χ4v) is 4.02. The summed E-state index contributed by atoms with van der Waals surface area (Å²) in [6.45, 7) is 4.94. The smallest absolute Gasteiger partial charge is 0.296 e. The number of methoxy groups -OCH3 is 1. The van der Waals surface area contributed by atoms with Gasteiger partial charge in [-0.25, -0.2) is 0 Å². The highest BCUT2D eigenvalue weighted by Gasteiger charge is 2.31. The van der Waals surface area contributed by atoms with Crippen molar-refractivity contribution in [1.29, 1.82) is 0 Å². The molecule has 0 heterocycles. The lowest BCUT2D eigenvalue weighted by atomic mass is 9.85. The van der Waals surface area contributed by atoms with E-state index in [2.05, 4.69) is 15.9 Å². The normalized spacial score (nSPS) is 13.5. The summed E-state index contributed by atoms with van der Waals surface area (Å²) in [5, 5.41) is 10.5. The Labute approximate surface area is 163 Å². The Kier molecular flexibility index (Phi) is 6.50. The van der Waals surface area contributed by atoms with Crippen molar-refractivity contribution in [2.24, 2.45) is 0 Å². The first kappa shape index (κ1) is 20.9. The third-order valence-electron chi connectivity index (χ3n) is 4.13. The Morgan fingerprint density at radius 2 is 1.77 bits per heavy atom. The van der Waals surface area contributed by atoms with Gasteiger partial charge in [-0.2, -0.15) is 8.42 Å². The average molecular weight is 443 g/mol. The maximum atomic E-state index is 12.4. The summed E-state index contributed by atoms with van der Waals surface area (Å²) in [7, 11) is -2.35.